The van der Waals surface area contributed by atoms with E-state index >= 15 is 0 Å². The van der Waals surface area contributed by atoms with Crippen LogP contribution in [0, 0.1) is 10.1 Å². The normalized spacial score (nSPS) is 18.1. The molecular weight excluding hydrogens is 360 g/mol. The van der Waals surface area contributed by atoms with Gasteiger partial charge in [0.15, 0.2) is 17.3 Å². The first-order valence-electron chi connectivity index (χ1n) is 9.03. The van der Waals surface area contributed by atoms with Gasteiger partial charge in [0.1, 0.15) is 0 Å². The van der Waals surface area contributed by atoms with Gasteiger partial charge in [-0.1, -0.05) is 18.2 Å². The van der Waals surface area contributed by atoms with E-state index in [1.165, 1.54) is 6.07 Å². The number of para-hydroxylation sites is 1. The number of benzene rings is 2. The van der Waals surface area contributed by atoms with Crippen LogP contribution in [-0.2, 0) is 11.2 Å². The third kappa shape index (κ3) is 2.89. The van der Waals surface area contributed by atoms with Gasteiger partial charge in [-0.3, -0.25) is 14.9 Å². The smallest absolute Gasteiger partial charge is 0.274 e. The summed E-state index contributed by atoms with van der Waals surface area (Å²) in [6.07, 6.45) is 2.60. The van der Waals surface area contributed by atoms with Crippen molar-refractivity contribution in [2.24, 2.45) is 0 Å². The number of hydrogen-bond donors (Lipinski definition) is 0. The lowest BCUT2D eigenvalue weighted by atomic mass is 9.87. The van der Waals surface area contributed by atoms with Crippen molar-refractivity contribution in [2.75, 3.05) is 20.8 Å². The molecule has 0 aromatic heterocycles. The fraction of sp³-hybridized carbons (Fsp3) is 0.286. The van der Waals surface area contributed by atoms with E-state index < -0.39 is 0 Å². The molecule has 2 aromatic rings. The first-order valence-corrected chi connectivity index (χ1v) is 9.03. The molecule has 2 aromatic carbocycles. The molecule has 2 aliphatic heterocycles. The molecule has 0 amide bonds. The summed E-state index contributed by atoms with van der Waals surface area (Å²) in [5.41, 5.74) is 3.35. The molecule has 1 atom stereocenters. The van der Waals surface area contributed by atoms with Crippen molar-refractivity contribution in [3.63, 3.8) is 0 Å². The molecular formula is C21H20N2O5. The summed E-state index contributed by atoms with van der Waals surface area (Å²) >= 11 is 0. The molecule has 1 unspecified atom stereocenters. The Morgan fingerprint density at radius 2 is 1.86 bits per heavy atom. The van der Waals surface area contributed by atoms with E-state index in [0.29, 0.717) is 23.6 Å². The number of carbonyl (C=O) groups is 1. The first-order chi connectivity index (χ1) is 13.5. The first kappa shape index (κ1) is 18.0. The van der Waals surface area contributed by atoms with E-state index in [-0.39, 0.29) is 28.9 Å². The molecule has 0 radical (unpaired) electrons. The van der Waals surface area contributed by atoms with E-state index in [0.717, 1.165) is 23.2 Å². The molecule has 2 aliphatic rings. The summed E-state index contributed by atoms with van der Waals surface area (Å²) in [6, 6.07) is 10.1. The highest BCUT2D eigenvalue weighted by atomic mass is 16.6. The molecule has 0 aliphatic carbocycles. The van der Waals surface area contributed by atoms with Crippen LogP contribution in [0.1, 0.15) is 29.2 Å². The lowest BCUT2D eigenvalue weighted by molar-refractivity contribution is -0.385. The van der Waals surface area contributed by atoms with E-state index in [4.69, 9.17) is 9.47 Å². The second-order valence-electron chi connectivity index (χ2n) is 6.84. The zero-order chi connectivity index (χ0) is 19.8. The zero-order valence-electron chi connectivity index (χ0n) is 15.7. The number of fused-ring (bicyclic) bond motifs is 3. The SMILES string of the molecule is COc1cc2c(cc1OC)C1=CC(=O)CC(c3ccccc3[N+](=O)[O-])N1CC2. The Morgan fingerprint density at radius 1 is 1.14 bits per heavy atom. The Kier molecular flexibility index (Phi) is 4.50. The van der Waals surface area contributed by atoms with E-state index in [9.17, 15) is 14.9 Å². The molecule has 144 valence electrons. The Labute approximate surface area is 162 Å². The summed E-state index contributed by atoms with van der Waals surface area (Å²) in [5, 5.41) is 11.5. The minimum atomic E-state index is -0.385. The van der Waals surface area contributed by atoms with E-state index in [1.54, 1.807) is 38.5 Å². The van der Waals surface area contributed by atoms with Crippen LogP contribution in [0.5, 0.6) is 11.5 Å². The number of hydrogen-bond acceptors (Lipinski definition) is 6. The predicted molar refractivity (Wildman–Crippen MR) is 103 cm³/mol. The molecule has 28 heavy (non-hydrogen) atoms. The van der Waals surface area contributed by atoms with Crippen molar-refractivity contribution >= 4 is 17.2 Å². The predicted octanol–water partition coefficient (Wildman–Crippen LogP) is 3.53. The molecule has 2 heterocycles. The molecule has 7 heteroatoms. The van der Waals surface area contributed by atoms with Gasteiger partial charge < -0.3 is 14.4 Å². The molecule has 0 spiro atoms. The number of carbonyl (C=O) groups excluding carboxylic acids is 1. The largest absolute Gasteiger partial charge is 0.493 e. The van der Waals surface area contributed by atoms with Gasteiger partial charge in [-0.15, -0.1) is 0 Å². The van der Waals surface area contributed by atoms with Crippen molar-refractivity contribution in [1.29, 1.82) is 0 Å². The van der Waals surface area contributed by atoms with Gasteiger partial charge in [0.05, 0.1) is 30.7 Å². The van der Waals surface area contributed by atoms with Crippen molar-refractivity contribution in [3.05, 3.63) is 69.3 Å². The fourth-order valence-electron chi connectivity index (χ4n) is 4.09. The van der Waals surface area contributed by atoms with Gasteiger partial charge in [0.2, 0.25) is 0 Å². The summed E-state index contributed by atoms with van der Waals surface area (Å²) in [4.78, 5) is 25.8. The van der Waals surface area contributed by atoms with Crippen molar-refractivity contribution in [2.45, 2.75) is 18.9 Å². The van der Waals surface area contributed by atoms with Crippen LogP contribution in [-0.4, -0.2) is 36.4 Å². The van der Waals surface area contributed by atoms with Crippen LogP contribution < -0.4 is 9.47 Å². The lowest BCUT2D eigenvalue weighted by Crippen LogP contribution is -2.37. The number of nitro groups is 1. The van der Waals surface area contributed by atoms with Crippen LogP contribution in [0.25, 0.3) is 5.70 Å². The number of nitro benzene ring substituents is 1. The van der Waals surface area contributed by atoms with Crippen LogP contribution in [0.2, 0.25) is 0 Å². The minimum Gasteiger partial charge on any atom is -0.493 e. The number of ketones is 1. The second kappa shape index (κ2) is 6.99. The van der Waals surface area contributed by atoms with E-state index in [1.807, 2.05) is 12.1 Å². The number of ether oxygens (including phenoxy) is 2. The molecule has 0 saturated carbocycles. The monoisotopic (exact) mass is 380 g/mol. The Balaban J connectivity index is 1.82. The van der Waals surface area contributed by atoms with Gasteiger partial charge in [0, 0.05) is 36.4 Å². The average molecular weight is 380 g/mol. The maximum atomic E-state index is 12.5. The Hall–Kier alpha value is -3.35. The summed E-state index contributed by atoms with van der Waals surface area (Å²) in [5.74, 6) is 1.19. The van der Waals surface area contributed by atoms with E-state index in [2.05, 4.69) is 4.90 Å². The fourth-order valence-corrected chi connectivity index (χ4v) is 4.09. The summed E-state index contributed by atoms with van der Waals surface area (Å²) in [7, 11) is 3.16. The number of allylic oxidation sites excluding steroid dienone is 1. The quantitative estimate of drug-likeness (QED) is 0.596. The molecule has 0 N–H and O–H groups in total. The standard InChI is InChI=1S/C21H20N2O5/c1-27-20-9-13-7-8-22-18(15-5-3-4-6-17(15)23(25)26)10-14(24)11-19(22)16(13)12-21(20)28-2/h3-6,9,11-12,18H,7-8,10H2,1-2H3. The van der Waals surface area contributed by atoms with Crippen molar-refractivity contribution < 1.29 is 19.2 Å². The Morgan fingerprint density at radius 3 is 2.57 bits per heavy atom. The van der Waals surface area contributed by atoms with Gasteiger partial charge in [-0.05, 0) is 24.1 Å². The average Bonchev–Trinajstić information content (AvgIpc) is 2.71. The highest BCUT2D eigenvalue weighted by Crippen LogP contribution is 2.45. The Bertz CT molecular complexity index is 998. The number of rotatable bonds is 4. The van der Waals surface area contributed by atoms with Crippen molar-refractivity contribution in [3.8, 4) is 11.5 Å². The van der Waals surface area contributed by atoms with Gasteiger partial charge in [0.25, 0.3) is 5.69 Å². The molecule has 4 rings (SSSR count). The molecule has 0 saturated heterocycles. The van der Waals surface area contributed by atoms with Crippen LogP contribution >= 0.6 is 0 Å². The van der Waals surface area contributed by atoms with Crippen LogP contribution in [0.3, 0.4) is 0 Å². The topological polar surface area (TPSA) is 81.9 Å². The third-order valence-corrected chi connectivity index (χ3v) is 5.38. The zero-order valence-corrected chi connectivity index (χ0v) is 15.7. The third-order valence-electron chi connectivity index (χ3n) is 5.38. The number of methoxy groups -OCH3 is 2. The lowest BCUT2D eigenvalue weighted by Gasteiger charge is -2.41. The maximum absolute atomic E-state index is 12.5. The number of nitrogens with zero attached hydrogens (tertiary/aromatic N) is 2. The second-order valence-corrected chi connectivity index (χ2v) is 6.84. The highest BCUT2D eigenvalue weighted by Gasteiger charge is 2.36. The summed E-state index contributed by atoms with van der Waals surface area (Å²) in [6.45, 7) is 0.665. The van der Waals surface area contributed by atoms with Crippen LogP contribution in [0.4, 0.5) is 5.69 Å². The van der Waals surface area contributed by atoms with Gasteiger partial charge in [-0.25, -0.2) is 0 Å². The maximum Gasteiger partial charge on any atom is 0.274 e. The molecule has 0 bridgehead atoms. The highest BCUT2D eigenvalue weighted by molar-refractivity contribution is 5.99. The minimum absolute atomic E-state index is 0.0414. The summed E-state index contributed by atoms with van der Waals surface area (Å²) < 4.78 is 10.8. The molecule has 0 fully saturated rings. The van der Waals surface area contributed by atoms with Gasteiger partial charge >= 0.3 is 0 Å². The van der Waals surface area contributed by atoms with Gasteiger partial charge in [-0.2, -0.15) is 0 Å². The van der Waals surface area contributed by atoms with Crippen molar-refractivity contribution in [1.82, 2.24) is 4.90 Å². The van der Waals surface area contributed by atoms with Crippen LogP contribution in [0.15, 0.2) is 42.5 Å². The molecule has 7 nitrogen and oxygen atoms in total.